The van der Waals surface area contributed by atoms with Crippen molar-refractivity contribution in [1.29, 1.82) is 0 Å². The summed E-state index contributed by atoms with van der Waals surface area (Å²) in [6.07, 6.45) is 2.07. The van der Waals surface area contributed by atoms with E-state index in [2.05, 4.69) is 24.3 Å². The molecule has 0 bridgehead atoms. The molecular weight excluding hydrogens is 250 g/mol. The number of ether oxygens (including phenoxy) is 1. The molecule has 0 saturated carbocycles. The van der Waals surface area contributed by atoms with Crippen LogP contribution < -0.4 is 5.32 Å². The van der Waals surface area contributed by atoms with Gasteiger partial charge in [0.15, 0.2) is 0 Å². The lowest BCUT2D eigenvalue weighted by molar-refractivity contribution is 0.100. The second-order valence-corrected chi connectivity index (χ2v) is 5.09. The van der Waals surface area contributed by atoms with Crippen LogP contribution in [0.25, 0.3) is 0 Å². The molecule has 0 spiro atoms. The molecule has 0 aromatic carbocycles. The van der Waals surface area contributed by atoms with Crippen molar-refractivity contribution in [3.05, 3.63) is 16.4 Å². The van der Waals surface area contributed by atoms with Gasteiger partial charge in [0.1, 0.15) is 0 Å². The highest BCUT2D eigenvalue weighted by Gasteiger charge is 2.18. The Balaban J connectivity index is 2.76. The number of aromatic nitrogens is 2. The van der Waals surface area contributed by atoms with Crippen LogP contribution in [0.1, 0.15) is 31.7 Å². The molecule has 1 N–H and O–H groups in total. The predicted octanol–water partition coefficient (Wildman–Crippen LogP) is 2.33. The normalized spacial score (nSPS) is 14.8. The second kappa shape index (κ2) is 7.12. The van der Waals surface area contributed by atoms with Crippen LogP contribution in [-0.2, 0) is 18.2 Å². The lowest BCUT2D eigenvalue weighted by Crippen LogP contribution is -2.35. The first-order valence-corrected chi connectivity index (χ1v) is 6.81. The number of rotatable bonds is 7. The third kappa shape index (κ3) is 3.97. The summed E-state index contributed by atoms with van der Waals surface area (Å²) in [6.45, 7) is 7.07. The summed E-state index contributed by atoms with van der Waals surface area (Å²) in [5.41, 5.74) is 1.98. The van der Waals surface area contributed by atoms with E-state index < -0.39 is 0 Å². The maximum absolute atomic E-state index is 6.29. The molecule has 18 heavy (non-hydrogen) atoms. The highest BCUT2D eigenvalue weighted by molar-refractivity contribution is 6.31. The van der Waals surface area contributed by atoms with Crippen LogP contribution in [0.5, 0.6) is 0 Å². The van der Waals surface area contributed by atoms with Crippen molar-refractivity contribution in [2.45, 2.75) is 45.8 Å². The Morgan fingerprint density at radius 3 is 2.61 bits per heavy atom. The molecule has 104 valence electrons. The number of hydrogen-bond donors (Lipinski definition) is 1. The third-order valence-corrected chi connectivity index (χ3v) is 3.70. The van der Waals surface area contributed by atoms with Crippen molar-refractivity contribution in [1.82, 2.24) is 15.1 Å². The van der Waals surface area contributed by atoms with E-state index in [0.717, 1.165) is 35.8 Å². The molecule has 0 amide bonds. The first-order chi connectivity index (χ1) is 8.49. The Kier molecular flexibility index (Phi) is 6.12. The van der Waals surface area contributed by atoms with Crippen molar-refractivity contribution in [2.75, 3.05) is 13.7 Å². The maximum Gasteiger partial charge on any atom is 0.0847 e. The van der Waals surface area contributed by atoms with Gasteiger partial charge in [0.05, 0.1) is 22.5 Å². The van der Waals surface area contributed by atoms with Gasteiger partial charge in [-0.15, -0.1) is 0 Å². The molecule has 2 unspecified atom stereocenters. The van der Waals surface area contributed by atoms with Crippen molar-refractivity contribution in [3.63, 3.8) is 0 Å². The largest absolute Gasteiger partial charge is 0.382 e. The summed E-state index contributed by atoms with van der Waals surface area (Å²) in [5.74, 6) is 0. The zero-order valence-electron chi connectivity index (χ0n) is 12.0. The fourth-order valence-electron chi connectivity index (χ4n) is 2.16. The molecule has 2 atom stereocenters. The van der Waals surface area contributed by atoms with Crippen LogP contribution in [-0.4, -0.2) is 35.6 Å². The van der Waals surface area contributed by atoms with Crippen LogP contribution in [0.3, 0.4) is 0 Å². The van der Waals surface area contributed by atoms with Crippen LogP contribution in [0, 0.1) is 6.92 Å². The Morgan fingerprint density at radius 2 is 2.17 bits per heavy atom. The number of nitrogens with zero attached hydrogens (tertiary/aromatic N) is 2. The van der Waals surface area contributed by atoms with Crippen molar-refractivity contribution < 1.29 is 4.74 Å². The average molecular weight is 274 g/mol. The molecule has 5 heteroatoms. The van der Waals surface area contributed by atoms with Crippen LogP contribution in [0.4, 0.5) is 0 Å². The van der Waals surface area contributed by atoms with Gasteiger partial charge in [-0.2, -0.15) is 5.10 Å². The van der Waals surface area contributed by atoms with E-state index in [1.54, 1.807) is 7.11 Å². The molecule has 0 aliphatic heterocycles. The van der Waals surface area contributed by atoms with E-state index in [4.69, 9.17) is 16.3 Å². The first kappa shape index (κ1) is 15.5. The van der Waals surface area contributed by atoms with Gasteiger partial charge in [0.2, 0.25) is 0 Å². The number of likely N-dealkylation sites (N-methyl/N-ethyl adjacent to an activating group) is 1. The highest BCUT2D eigenvalue weighted by atomic mass is 35.5. The number of nitrogens with one attached hydrogen (secondary N) is 1. The summed E-state index contributed by atoms with van der Waals surface area (Å²) in [6, 6.07) is 0.359. The van der Waals surface area contributed by atoms with Gasteiger partial charge in [0, 0.05) is 26.6 Å². The molecule has 1 aromatic rings. The van der Waals surface area contributed by atoms with Crippen LogP contribution in [0.2, 0.25) is 5.02 Å². The van der Waals surface area contributed by atoms with E-state index >= 15 is 0 Å². The Bertz CT molecular complexity index is 379. The van der Waals surface area contributed by atoms with Crippen molar-refractivity contribution >= 4 is 11.6 Å². The summed E-state index contributed by atoms with van der Waals surface area (Å²) >= 11 is 6.29. The van der Waals surface area contributed by atoms with Crippen molar-refractivity contribution in [3.8, 4) is 0 Å². The third-order valence-electron chi connectivity index (χ3n) is 3.21. The number of hydrogen-bond acceptors (Lipinski definition) is 3. The standard InChI is InChI=1S/C13H24ClN3O/c1-6-15-11(7-9(2)18-5)8-12-13(14)10(3)16-17(12)4/h9,11,15H,6-8H2,1-5H3. The predicted molar refractivity (Wildman–Crippen MR) is 75.2 cm³/mol. The van der Waals surface area contributed by atoms with Crippen molar-refractivity contribution in [2.24, 2.45) is 7.05 Å². The smallest absolute Gasteiger partial charge is 0.0847 e. The zero-order chi connectivity index (χ0) is 13.7. The monoisotopic (exact) mass is 273 g/mol. The summed E-state index contributed by atoms with van der Waals surface area (Å²) in [7, 11) is 3.69. The summed E-state index contributed by atoms with van der Waals surface area (Å²) in [5, 5.41) is 8.61. The lowest BCUT2D eigenvalue weighted by Gasteiger charge is -2.21. The molecule has 0 aliphatic rings. The average Bonchev–Trinajstić information content (AvgIpc) is 2.56. The minimum absolute atomic E-state index is 0.238. The van der Waals surface area contributed by atoms with Gasteiger partial charge in [-0.25, -0.2) is 0 Å². The number of aryl methyl sites for hydroxylation is 2. The minimum atomic E-state index is 0.238. The molecule has 0 fully saturated rings. The molecular formula is C13H24ClN3O. The topological polar surface area (TPSA) is 39.1 Å². The molecule has 0 radical (unpaired) electrons. The minimum Gasteiger partial charge on any atom is -0.382 e. The first-order valence-electron chi connectivity index (χ1n) is 6.43. The Morgan fingerprint density at radius 1 is 1.50 bits per heavy atom. The molecule has 4 nitrogen and oxygen atoms in total. The van der Waals surface area contributed by atoms with E-state index in [-0.39, 0.29) is 6.10 Å². The summed E-state index contributed by atoms with van der Waals surface area (Å²) < 4.78 is 7.21. The summed E-state index contributed by atoms with van der Waals surface area (Å²) in [4.78, 5) is 0. The fourth-order valence-corrected chi connectivity index (χ4v) is 2.40. The Labute approximate surface area is 115 Å². The molecule has 1 heterocycles. The molecule has 0 aliphatic carbocycles. The Hall–Kier alpha value is -0.580. The highest BCUT2D eigenvalue weighted by Crippen LogP contribution is 2.21. The van der Waals surface area contributed by atoms with Gasteiger partial charge < -0.3 is 10.1 Å². The molecule has 1 rings (SSSR count). The SMILES string of the molecule is CCNC(Cc1c(Cl)c(C)nn1C)CC(C)OC. The van der Waals surface area contributed by atoms with Crippen LogP contribution >= 0.6 is 11.6 Å². The van der Waals surface area contributed by atoms with Gasteiger partial charge in [0.25, 0.3) is 0 Å². The van der Waals surface area contributed by atoms with Gasteiger partial charge in [-0.05, 0) is 26.8 Å². The fraction of sp³-hybridized carbons (Fsp3) is 0.769. The van der Waals surface area contributed by atoms with E-state index in [0.29, 0.717) is 6.04 Å². The van der Waals surface area contributed by atoms with E-state index in [1.807, 2.05) is 18.7 Å². The van der Waals surface area contributed by atoms with Crippen LogP contribution in [0.15, 0.2) is 0 Å². The zero-order valence-corrected chi connectivity index (χ0v) is 12.7. The molecule has 1 aromatic heterocycles. The van der Waals surface area contributed by atoms with Gasteiger partial charge in [-0.3, -0.25) is 4.68 Å². The van der Waals surface area contributed by atoms with Gasteiger partial charge in [-0.1, -0.05) is 18.5 Å². The maximum atomic E-state index is 6.29. The lowest BCUT2D eigenvalue weighted by atomic mass is 10.0. The second-order valence-electron chi connectivity index (χ2n) is 4.71. The molecule has 0 saturated heterocycles. The number of methoxy groups -OCH3 is 1. The van der Waals surface area contributed by atoms with E-state index in [1.165, 1.54) is 0 Å². The van der Waals surface area contributed by atoms with E-state index in [9.17, 15) is 0 Å². The van der Waals surface area contributed by atoms with Gasteiger partial charge >= 0.3 is 0 Å². The quantitative estimate of drug-likeness (QED) is 0.829. The number of halogens is 1.